The maximum Gasteiger partial charge on any atom is 0.416 e. The number of fused-ring (bicyclic) bond motifs is 1. The van der Waals surface area contributed by atoms with Crippen molar-refractivity contribution >= 4 is 11.9 Å². The third-order valence-electron chi connectivity index (χ3n) is 5.68. The summed E-state index contributed by atoms with van der Waals surface area (Å²) in [6.45, 7) is 1.21. The zero-order valence-electron chi connectivity index (χ0n) is 18.6. The summed E-state index contributed by atoms with van der Waals surface area (Å²) in [4.78, 5) is 18.9. The number of imidazole rings is 1. The molecule has 1 aliphatic rings. The van der Waals surface area contributed by atoms with Gasteiger partial charge in [-0.15, -0.1) is 0 Å². The number of anilines is 1. The Morgan fingerprint density at radius 2 is 1.63 bits per heavy atom. The highest BCUT2D eigenvalue weighted by Gasteiger charge is 2.38. The topological polar surface area (TPSA) is 50.2 Å². The Hall–Kier alpha value is -3.76. The summed E-state index contributed by atoms with van der Waals surface area (Å²) in [6, 6.07) is 9.80. The molecule has 184 valence electrons. The number of halogens is 6. The molecule has 0 fully saturated rings. The van der Waals surface area contributed by atoms with Crippen LogP contribution in [0.4, 0.5) is 32.3 Å². The maximum absolute atomic E-state index is 13.5. The molecule has 0 spiro atoms. The van der Waals surface area contributed by atoms with Crippen molar-refractivity contribution in [2.75, 3.05) is 12.4 Å². The van der Waals surface area contributed by atoms with Gasteiger partial charge in [0.15, 0.2) is 0 Å². The Balaban J connectivity index is 1.70. The lowest BCUT2D eigenvalue weighted by molar-refractivity contribution is -0.143. The van der Waals surface area contributed by atoms with Crippen LogP contribution in [0.15, 0.2) is 72.2 Å². The SMILES string of the molecule is CC1=C(C(=O)N(C)Cc2cc(C(F)(F)F)cc(C(F)(F)F)c2)C(c2ccccc2)n2ccnc2N1. The van der Waals surface area contributed by atoms with E-state index in [1.165, 1.54) is 7.05 Å². The molecule has 0 bridgehead atoms. The van der Waals surface area contributed by atoms with Gasteiger partial charge >= 0.3 is 12.4 Å². The number of aromatic nitrogens is 2. The van der Waals surface area contributed by atoms with Crippen molar-refractivity contribution in [3.05, 3.63) is 94.4 Å². The average molecular weight is 494 g/mol. The normalized spacial score (nSPS) is 16.1. The van der Waals surface area contributed by atoms with Crippen LogP contribution in [0.3, 0.4) is 0 Å². The van der Waals surface area contributed by atoms with Gasteiger partial charge in [-0.1, -0.05) is 30.3 Å². The minimum Gasteiger partial charge on any atom is -0.338 e. The molecule has 35 heavy (non-hydrogen) atoms. The summed E-state index contributed by atoms with van der Waals surface area (Å²) in [6.07, 6.45) is -6.70. The Bertz CT molecular complexity index is 1240. The van der Waals surface area contributed by atoms with Crippen molar-refractivity contribution in [3.8, 4) is 0 Å². The predicted octanol–water partition coefficient (Wildman–Crippen LogP) is 5.87. The summed E-state index contributed by atoms with van der Waals surface area (Å²) < 4.78 is 81.3. The van der Waals surface area contributed by atoms with Crippen LogP contribution in [0.25, 0.3) is 0 Å². The number of rotatable bonds is 4. The quantitative estimate of drug-likeness (QED) is 0.462. The van der Waals surface area contributed by atoms with Gasteiger partial charge in [0.2, 0.25) is 5.95 Å². The van der Waals surface area contributed by atoms with E-state index in [0.29, 0.717) is 29.4 Å². The van der Waals surface area contributed by atoms with Gasteiger partial charge in [-0.25, -0.2) is 4.98 Å². The zero-order chi connectivity index (χ0) is 25.5. The fourth-order valence-electron chi connectivity index (χ4n) is 4.10. The molecule has 2 heterocycles. The number of hydrogen-bond donors (Lipinski definition) is 1. The molecule has 5 nitrogen and oxygen atoms in total. The fraction of sp³-hybridized carbons (Fsp3) is 0.250. The Morgan fingerprint density at radius 1 is 1.03 bits per heavy atom. The minimum absolute atomic E-state index is 0.0645. The third-order valence-corrected chi connectivity index (χ3v) is 5.68. The lowest BCUT2D eigenvalue weighted by Gasteiger charge is -2.32. The molecular formula is C24H20F6N4O. The van der Waals surface area contributed by atoms with Gasteiger partial charge in [-0.3, -0.25) is 4.79 Å². The Morgan fingerprint density at radius 3 is 2.20 bits per heavy atom. The largest absolute Gasteiger partial charge is 0.416 e. The molecular weight excluding hydrogens is 474 g/mol. The molecule has 1 unspecified atom stereocenters. The second kappa shape index (κ2) is 8.79. The number of alkyl halides is 6. The van der Waals surface area contributed by atoms with Gasteiger partial charge in [-0.2, -0.15) is 26.3 Å². The highest BCUT2D eigenvalue weighted by Crippen LogP contribution is 2.38. The number of carbonyl (C=O) groups is 1. The van der Waals surface area contributed by atoms with Gasteiger partial charge in [0.05, 0.1) is 22.7 Å². The van der Waals surface area contributed by atoms with E-state index < -0.39 is 42.0 Å². The van der Waals surface area contributed by atoms with Crippen molar-refractivity contribution in [1.82, 2.24) is 14.5 Å². The number of benzene rings is 2. The summed E-state index contributed by atoms with van der Waals surface area (Å²) in [5.74, 6) is -0.0440. The highest BCUT2D eigenvalue weighted by atomic mass is 19.4. The van der Waals surface area contributed by atoms with Crippen LogP contribution < -0.4 is 5.32 Å². The van der Waals surface area contributed by atoms with Gasteiger partial charge in [0, 0.05) is 31.7 Å². The number of carbonyl (C=O) groups excluding carboxylic acids is 1. The van der Waals surface area contributed by atoms with Crippen LogP contribution in [0.2, 0.25) is 0 Å². The summed E-state index contributed by atoms with van der Waals surface area (Å²) in [5.41, 5.74) is -1.60. The van der Waals surface area contributed by atoms with E-state index in [4.69, 9.17) is 0 Å². The average Bonchev–Trinajstić information content (AvgIpc) is 3.24. The van der Waals surface area contributed by atoms with Crippen LogP contribution in [-0.2, 0) is 23.7 Å². The molecule has 4 rings (SSSR count). The van der Waals surface area contributed by atoms with Gasteiger partial charge in [0.25, 0.3) is 5.91 Å². The van der Waals surface area contributed by atoms with Gasteiger partial charge in [0.1, 0.15) is 0 Å². The first-order valence-corrected chi connectivity index (χ1v) is 10.5. The highest BCUT2D eigenvalue weighted by molar-refractivity contribution is 5.96. The summed E-state index contributed by atoms with van der Waals surface area (Å²) in [5, 5.41) is 3.03. The number of allylic oxidation sites excluding steroid dienone is 1. The first kappa shape index (κ1) is 24.4. The van der Waals surface area contributed by atoms with Gasteiger partial charge < -0.3 is 14.8 Å². The van der Waals surface area contributed by atoms with Crippen LogP contribution in [0.5, 0.6) is 0 Å². The Kier molecular flexibility index (Phi) is 6.12. The van der Waals surface area contributed by atoms with Crippen LogP contribution in [-0.4, -0.2) is 27.4 Å². The molecule has 0 aliphatic carbocycles. The van der Waals surface area contributed by atoms with Crippen molar-refractivity contribution in [2.24, 2.45) is 0 Å². The number of nitrogens with zero attached hydrogens (tertiary/aromatic N) is 3. The molecule has 1 atom stereocenters. The van der Waals surface area contributed by atoms with E-state index in [9.17, 15) is 31.1 Å². The molecule has 1 aliphatic heterocycles. The van der Waals surface area contributed by atoms with Crippen molar-refractivity contribution < 1.29 is 31.1 Å². The molecule has 1 amide bonds. The number of amides is 1. The van der Waals surface area contributed by atoms with Crippen molar-refractivity contribution in [1.29, 1.82) is 0 Å². The van der Waals surface area contributed by atoms with Crippen LogP contribution in [0.1, 0.15) is 35.2 Å². The molecule has 11 heteroatoms. The standard InChI is InChI=1S/C24H20F6N4O/c1-14-19(20(16-6-4-3-5-7-16)34-9-8-31-22(34)32-14)21(35)33(2)13-15-10-17(23(25,26)27)12-18(11-15)24(28,29)30/h3-12,20H,13H2,1-2H3,(H,31,32). The van der Waals surface area contributed by atoms with Gasteiger partial charge in [-0.05, 0) is 36.2 Å². The minimum atomic E-state index is -4.97. The summed E-state index contributed by atoms with van der Waals surface area (Å²) in [7, 11) is 1.33. The van der Waals surface area contributed by atoms with E-state index >= 15 is 0 Å². The molecule has 1 aromatic heterocycles. The molecule has 0 saturated carbocycles. The lowest BCUT2D eigenvalue weighted by Crippen LogP contribution is -2.35. The monoisotopic (exact) mass is 494 g/mol. The van der Waals surface area contributed by atoms with E-state index in [1.54, 1.807) is 36.0 Å². The number of nitrogens with one attached hydrogen (secondary N) is 1. The lowest BCUT2D eigenvalue weighted by atomic mass is 9.94. The molecule has 0 saturated heterocycles. The van der Waals surface area contributed by atoms with Crippen molar-refractivity contribution in [2.45, 2.75) is 31.9 Å². The maximum atomic E-state index is 13.5. The summed E-state index contributed by atoms with van der Waals surface area (Å²) >= 11 is 0. The first-order chi connectivity index (χ1) is 16.4. The molecule has 0 radical (unpaired) electrons. The Labute approximate surface area is 196 Å². The second-order valence-corrected chi connectivity index (χ2v) is 8.21. The van der Waals surface area contributed by atoms with Crippen LogP contribution >= 0.6 is 0 Å². The molecule has 1 N–H and O–H groups in total. The third kappa shape index (κ3) is 4.89. The van der Waals surface area contributed by atoms with E-state index in [0.717, 1.165) is 10.5 Å². The zero-order valence-corrected chi connectivity index (χ0v) is 18.6. The molecule has 2 aromatic carbocycles. The van der Waals surface area contributed by atoms with E-state index in [1.807, 2.05) is 18.2 Å². The second-order valence-electron chi connectivity index (χ2n) is 8.21. The smallest absolute Gasteiger partial charge is 0.338 e. The molecule has 3 aromatic rings. The van der Waals surface area contributed by atoms with Crippen molar-refractivity contribution in [3.63, 3.8) is 0 Å². The number of likely N-dealkylation sites (N-methyl/N-ethyl adjacent to an activating group) is 1. The fourth-order valence-corrected chi connectivity index (χ4v) is 4.10. The number of hydrogen-bond acceptors (Lipinski definition) is 3. The first-order valence-electron chi connectivity index (χ1n) is 10.5. The van der Waals surface area contributed by atoms with E-state index in [-0.39, 0.29) is 11.6 Å². The van der Waals surface area contributed by atoms with E-state index in [2.05, 4.69) is 10.3 Å². The predicted molar refractivity (Wildman–Crippen MR) is 116 cm³/mol. The van der Waals surface area contributed by atoms with Crippen LogP contribution in [0, 0.1) is 0 Å².